The molecule has 0 aliphatic carbocycles. The number of aliphatic hydroxyl groups excluding tert-OH is 1. The lowest BCUT2D eigenvalue weighted by atomic mass is 10.1. The van der Waals surface area contributed by atoms with Gasteiger partial charge in [-0.05, 0) is 24.1 Å². The van der Waals surface area contributed by atoms with Crippen molar-refractivity contribution in [3.8, 4) is 5.75 Å². The zero-order chi connectivity index (χ0) is 14.7. The Kier molecular flexibility index (Phi) is 4.22. The molecule has 1 aliphatic heterocycles. The standard InChI is InChI=1S/C16H21N3O2/c1-12-15(18-11-17-12)10-19(5-6-20)9-13-2-3-16-14(8-13)4-7-21-16/h2-3,8,11,20H,4-7,9-10H2,1H3,(H,17,18). The fourth-order valence-corrected chi connectivity index (χ4v) is 2.71. The third-order valence-electron chi connectivity index (χ3n) is 3.88. The summed E-state index contributed by atoms with van der Waals surface area (Å²) < 4.78 is 5.54. The monoisotopic (exact) mass is 287 g/mol. The minimum Gasteiger partial charge on any atom is -0.493 e. The molecule has 5 nitrogen and oxygen atoms in total. The lowest BCUT2D eigenvalue weighted by Crippen LogP contribution is -2.26. The van der Waals surface area contributed by atoms with Crippen molar-refractivity contribution in [1.29, 1.82) is 0 Å². The molecule has 2 N–H and O–H groups in total. The van der Waals surface area contributed by atoms with Gasteiger partial charge in [0.15, 0.2) is 0 Å². The average Bonchev–Trinajstić information content (AvgIpc) is 3.08. The van der Waals surface area contributed by atoms with Crippen molar-refractivity contribution in [2.75, 3.05) is 19.8 Å². The number of imidazole rings is 1. The van der Waals surface area contributed by atoms with E-state index in [1.165, 1.54) is 11.1 Å². The van der Waals surface area contributed by atoms with E-state index in [0.29, 0.717) is 6.54 Å². The highest BCUT2D eigenvalue weighted by Crippen LogP contribution is 2.26. The van der Waals surface area contributed by atoms with Crippen LogP contribution < -0.4 is 4.74 Å². The van der Waals surface area contributed by atoms with Crippen molar-refractivity contribution in [3.05, 3.63) is 47.0 Å². The molecule has 0 bridgehead atoms. The van der Waals surface area contributed by atoms with Gasteiger partial charge in [-0.1, -0.05) is 12.1 Å². The summed E-state index contributed by atoms with van der Waals surface area (Å²) in [5.74, 6) is 1.01. The Hall–Kier alpha value is -1.85. The minimum atomic E-state index is 0.150. The molecule has 0 amide bonds. The Bertz CT molecular complexity index is 609. The Morgan fingerprint density at radius 1 is 1.38 bits per heavy atom. The van der Waals surface area contributed by atoms with Crippen LogP contribution >= 0.6 is 0 Å². The summed E-state index contributed by atoms with van der Waals surface area (Å²) >= 11 is 0. The molecule has 0 atom stereocenters. The van der Waals surface area contributed by atoms with Crippen molar-refractivity contribution < 1.29 is 9.84 Å². The number of hydrogen-bond donors (Lipinski definition) is 2. The number of nitrogens with one attached hydrogen (secondary N) is 1. The first-order chi connectivity index (χ1) is 10.3. The van der Waals surface area contributed by atoms with Crippen molar-refractivity contribution in [2.45, 2.75) is 26.4 Å². The number of aliphatic hydroxyl groups is 1. The molecule has 1 aliphatic rings. The lowest BCUT2D eigenvalue weighted by Gasteiger charge is -2.21. The predicted molar refractivity (Wildman–Crippen MR) is 80.2 cm³/mol. The smallest absolute Gasteiger partial charge is 0.122 e. The first-order valence-electron chi connectivity index (χ1n) is 7.33. The van der Waals surface area contributed by atoms with Gasteiger partial charge in [-0.3, -0.25) is 4.90 Å². The van der Waals surface area contributed by atoms with Gasteiger partial charge in [0.25, 0.3) is 0 Å². The third kappa shape index (κ3) is 3.25. The van der Waals surface area contributed by atoms with Crippen LogP contribution in [0, 0.1) is 6.92 Å². The van der Waals surface area contributed by atoms with Gasteiger partial charge in [-0.15, -0.1) is 0 Å². The molecule has 2 aromatic rings. The van der Waals surface area contributed by atoms with Crippen molar-refractivity contribution >= 4 is 0 Å². The summed E-state index contributed by atoms with van der Waals surface area (Å²) in [6, 6.07) is 6.37. The number of benzene rings is 1. The molecule has 0 fully saturated rings. The van der Waals surface area contributed by atoms with Crippen LogP contribution in [-0.2, 0) is 19.5 Å². The molecule has 0 unspecified atom stereocenters. The first-order valence-corrected chi connectivity index (χ1v) is 7.33. The van der Waals surface area contributed by atoms with Crippen molar-refractivity contribution in [1.82, 2.24) is 14.9 Å². The molecule has 5 heteroatoms. The Balaban J connectivity index is 1.71. The fraction of sp³-hybridized carbons (Fsp3) is 0.438. The molecule has 0 spiro atoms. The van der Waals surface area contributed by atoms with E-state index in [-0.39, 0.29) is 6.61 Å². The Labute approximate surface area is 124 Å². The second kappa shape index (κ2) is 6.28. The number of nitrogens with zero attached hydrogens (tertiary/aromatic N) is 2. The number of ether oxygens (including phenoxy) is 1. The van der Waals surface area contributed by atoms with Gasteiger partial charge in [0.1, 0.15) is 5.75 Å². The summed E-state index contributed by atoms with van der Waals surface area (Å²) in [5, 5.41) is 9.28. The van der Waals surface area contributed by atoms with Crippen LogP contribution in [0.4, 0.5) is 0 Å². The molecule has 1 aromatic heterocycles. The lowest BCUT2D eigenvalue weighted by molar-refractivity contribution is 0.183. The quantitative estimate of drug-likeness (QED) is 0.848. The van der Waals surface area contributed by atoms with Crippen LogP contribution in [0.5, 0.6) is 5.75 Å². The van der Waals surface area contributed by atoms with Gasteiger partial charge >= 0.3 is 0 Å². The number of aryl methyl sites for hydroxylation is 1. The average molecular weight is 287 g/mol. The predicted octanol–water partition coefficient (Wildman–Crippen LogP) is 1.65. The zero-order valence-corrected chi connectivity index (χ0v) is 12.3. The zero-order valence-electron chi connectivity index (χ0n) is 12.3. The van der Waals surface area contributed by atoms with E-state index in [0.717, 1.165) is 43.3 Å². The maximum absolute atomic E-state index is 9.28. The van der Waals surface area contributed by atoms with Crippen LogP contribution in [-0.4, -0.2) is 39.7 Å². The highest BCUT2D eigenvalue weighted by molar-refractivity contribution is 5.39. The molecule has 112 valence electrons. The van der Waals surface area contributed by atoms with Crippen LogP contribution in [0.3, 0.4) is 0 Å². The maximum Gasteiger partial charge on any atom is 0.122 e. The van der Waals surface area contributed by atoms with E-state index in [1.54, 1.807) is 6.33 Å². The topological polar surface area (TPSA) is 61.4 Å². The highest BCUT2D eigenvalue weighted by atomic mass is 16.5. The molecule has 0 saturated carbocycles. The molecule has 0 radical (unpaired) electrons. The second-order valence-electron chi connectivity index (χ2n) is 5.45. The normalized spacial score (nSPS) is 13.5. The van der Waals surface area contributed by atoms with Gasteiger partial charge in [-0.2, -0.15) is 0 Å². The maximum atomic E-state index is 9.28. The Morgan fingerprint density at radius 2 is 2.29 bits per heavy atom. The summed E-state index contributed by atoms with van der Waals surface area (Å²) in [6.45, 7) is 5.14. The summed E-state index contributed by atoms with van der Waals surface area (Å²) in [6.07, 6.45) is 2.70. The summed E-state index contributed by atoms with van der Waals surface area (Å²) in [7, 11) is 0. The molecule has 1 aromatic carbocycles. The number of aromatic nitrogens is 2. The van der Waals surface area contributed by atoms with E-state index < -0.39 is 0 Å². The molecular formula is C16H21N3O2. The number of fused-ring (bicyclic) bond motifs is 1. The van der Waals surface area contributed by atoms with E-state index >= 15 is 0 Å². The number of aromatic amines is 1. The fourth-order valence-electron chi connectivity index (χ4n) is 2.71. The van der Waals surface area contributed by atoms with Gasteiger partial charge in [-0.25, -0.2) is 4.98 Å². The molecule has 21 heavy (non-hydrogen) atoms. The van der Waals surface area contributed by atoms with E-state index in [4.69, 9.17) is 4.74 Å². The number of hydrogen-bond acceptors (Lipinski definition) is 4. The molecular weight excluding hydrogens is 266 g/mol. The van der Waals surface area contributed by atoms with E-state index in [9.17, 15) is 5.11 Å². The molecule has 3 rings (SSSR count). The van der Waals surface area contributed by atoms with Crippen LogP contribution in [0.25, 0.3) is 0 Å². The van der Waals surface area contributed by atoms with E-state index in [2.05, 4.69) is 33.1 Å². The molecule has 0 saturated heterocycles. The van der Waals surface area contributed by atoms with E-state index in [1.807, 2.05) is 6.92 Å². The van der Waals surface area contributed by atoms with Gasteiger partial charge in [0.05, 0.1) is 25.2 Å². The summed E-state index contributed by atoms with van der Waals surface area (Å²) in [4.78, 5) is 9.64. The van der Waals surface area contributed by atoms with Gasteiger partial charge < -0.3 is 14.8 Å². The third-order valence-corrected chi connectivity index (χ3v) is 3.88. The van der Waals surface area contributed by atoms with Crippen molar-refractivity contribution in [2.24, 2.45) is 0 Å². The van der Waals surface area contributed by atoms with Crippen LogP contribution in [0.2, 0.25) is 0 Å². The largest absolute Gasteiger partial charge is 0.493 e. The van der Waals surface area contributed by atoms with Gasteiger partial charge in [0, 0.05) is 31.7 Å². The SMILES string of the molecule is Cc1[nH]cnc1CN(CCO)Cc1ccc2c(c1)CCO2. The van der Waals surface area contributed by atoms with Crippen molar-refractivity contribution in [3.63, 3.8) is 0 Å². The first kappa shape index (κ1) is 14.1. The number of rotatable bonds is 6. The second-order valence-corrected chi connectivity index (χ2v) is 5.45. The highest BCUT2D eigenvalue weighted by Gasteiger charge is 2.14. The minimum absolute atomic E-state index is 0.150. The molecule has 2 heterocycles. The van der Waals surface area contributed by atoms with Crippen LogP contribution in [0.1, 0.15) is 22.5 Å². The van der Waals surface area contributed by atoms with Crippen LogP contribution in [0.15, 0.2) is 24.5 Å². The number of H-pyrrole nitrogens is 1. The summed E-state index contributed by atoms with van der Waals surface area (Å²) in [5.41, 5.74) is 4.65. The Morgan fingerprint density at radius 3 is 3.05 bits per heavy atom. The van der Waals surface area contributed by atoms with Gasteiger partial charge in [0.2, 0.25) is 0 Å².